The molecule has 0 radical (unpaired) electrons. The molecule has 0 saturated carbocycles. The zero-order chi connectivity index (χ0) is 21.1. The fourth-order valence-corrected chi connectivity index (χ4v) is 3.44. The average Bonchev–Trinajstić information content (AvgIpc) is 2.73. The standard InChI is InChI=1S/C22H16ClF3N4/c23-16-4-1-3-14(11-16)8-10-28-21-17-7-6-15(12-19(17)29-13-30-21)20-18(22(24,25)26)5-2-9-27-20/h1-7,9,11-13H,8,10H2,(H,28,29,30). The molecule has 30 heavy (non-hydrogen) atoms. The number of alkyl halides is 3. The summed E-state index contributed by atoms with van der Waals surface area (Å²) in [4.78, 5) is 12.4. The molecular weight excluding hydrogens is 413 g/mol. The molecule has 0 atom stereocenters. The van der Waals surface area contributed by atoms with Crippen molar-refractivity contribution in [2.24, 2.45) is 0 Å². The van der Waals surface area contributed by atoms with Crippen LogP contribution in [0.3, 0.4) is 0 Å². The summed E-state index contributed by atoms with van der Waals surface area (Å²) in [7, 11) is 0. The van der Waals surface area contributed by atoms with E-state index < -0.39 is 11.7 Å². The van der Waals surface area contributed by atoms with Gasteiger partial charge in [0.1, 0.15) is 12.1 Å². The van der Waals surface area contributed by atoms with Gasteiger partial charge in [0, 0.05) is 28.7 Å². The van der Waals surface area contributed by atoms with Crippen molar-refractivity contribution in [1.29, 1.82) is 0 Å². The third-order valence-electron chi connectivity index (χ3n) is 4.62. The Morgan fingerprint density at radius 2 is 1.80 bits per heavy atom. The molecule has 4 rings (SSSR count). The minimum Gasteiger partial charge on any atom is -0.369 e. The van der Waals surface area contributed by atoms with Crippen LogP contribution in [0.15, 0.2) is 67.1 Å². The van der Waals surface area contributed by atoms with Gasteiger partial charge in [-0.25, -0.2) is 9.97 Å². The van der Waals surface area contributed by atoms with Gasteiger partial charge in [0.2, 0.25) is 0 Å². The smallest absolute Gasteiger partial charge is 0.369 e. The van der Waals surface area contributed by atoms with E-state index in [4.69, 9.17) is 11.6 Å². The first-order valence-corrected chi connectivity index (χ1v) is 9.55. The van der Waals surface area contributed by atoms with Crippen LogP contribution in [0, 0.1) is 0 Å². The second-order valence-electron chi connectivity index (χ2n) is 6.66. The quantitative estimate of drug-likeness (QED) is 0.422. The lowest BCUT2D eigenvalue weighted by Crippen LogP contribution is -2.08. The van der Waals surface area contributed by atoms with Crippen LogP contribution in [0.2, 0.25) is 5.02 Å². The first-order valence-electron chi connectivity index (χ1n) is 9.17. The van der Waals surface area contributed by atoms with Gasteiger partial charge in [0.25, 0.3) is 0 Å². The lowest BCUT2D eigenvalue weighted by molar-refractivity contribution is -0.137. The van der Waals surface area contributed by atoms with Crippen molar-refractivity contribution in [2.75, 3.05) is 11.9 Å². The summed E-state index contributed by atoms with van der Waals surface area (Å²) in [6.45, 7) is 0.618. The molecule has 0 fully saturated rings. The van der Waals surface area contributed by atoms with Crippen molar-refractivity contribution in [1.82, 2.24) is 15.0 Å². The van der Waals surface area contributed by atoms with Crippen molar-refractivity contribution in [3.05, 3.63) is 83.3 Å². The van der Waals surface area contributed by atoms with Gasteiger partial charge < -0.3 is 5.32 Å². The maximum atomic E-state index is 13.3. The lowest BCUT2D eigenvalue weighted by atomic mass is 10.0. The van der Waals surface area contributed by atoms with Gasteiger partial charge in [-0.05, 0) is 48.4 Å². The molecule has 2 aromatic carbocycles. The number of fused-ring (bicyclic) bond motifs is 1. The molecule has 0 bridgehead atoms. The van der Waals surface area contributed by atoms with E-state index in [1.54, 1.807) is 18.2 Å². The molecular formula is C22H16ClF3N4. The Bertz CT molecular complexity index is 1190. The first-order chi connectivity index (χ1) is 14.4. The lowest BCUT2D eigenvalue weighted by Gasteiger charge is -2.13. The predicted octanol–water partition coefficient (Wildman–Crippen LogP) is 6.02. The van der Waals surface area contributed by atoms with E-state index in [1.807, 2.05) is 24.3 Å². The molecule has 4 nitrogen and oxygen atoms in total. The van der Waals surface area contributed by atoms with E-state index in [2.05, 4.69) is 20.3 Å². The number of hydrogen-bond acceptors (Lipinski definition) is 4. The largest absolute Gasteiger partial charge is 0.418 e. The van der Waals surface area contributed by atoms with Crippen LogP contribution in [-0.4, -0.2) is 21.5 Å². The molecule has 8 heteroatoms. The third kappa shape index (κ3) is 4.36. The molecule has 2 heterocycles. The molecule has 0 aliphatic rings. The van der Waals surface area contributed by atoms with Crippen molar-refractivity contribution >= 4 is 28.3 Å². The summed E-state index contributed by atoms with van der Waals surface area (Å²) in [5, 5.41) is 4.66. The summed E-state index contributed by atoms with van der Waals surface area (Å²) >= 11 is 6.01. The van der Waals surface area contributed by atoms with Gasteiger partial charge in [-0.2, -0.15) is 13.2 Å². The van der Waals surface area contributed by atoms with E-state index in [-0.39, 0.29) is 5.69 Å². The topological polar surface area (TPSA) is 50.7 Å². The number of benzene rings is 2. The van der Waals surface area contributed by atoms with Crippen LogP contribution >= 0.6 is 11.6 Å². The number of nitrogens with zero attached hydrogens (tertiary/aromatic N) is 3. The van der Waals surface area contributed by atoms with Crippen LogP contribution in [0.4, 0.5) is 19.0 Å². The normalized spacial score (nSPS) is 11.6. The second-order valence-corrected chi connectivity index (χ2v) is 7.09. The number of hydrogen-bond donors (Lipinski definition) is 1. The van der Waals surface area contributed by atoms with Crippen LogP contribution in [-0.2, 0) is 12.6 Å². The molecule has 0 spiro atoms. The van der Waals surface area contributed by atoms with Gasteiger partial charge >= 0.3 is 6.18 Å². The molecule has 0 aliphatic carbocycles. The minimum atomic E-state index is -4.49. The molecule has 2 aromatic heterocycles. The highest BCUT2D eigenvalue weighted by Crippen LogP contribution is 2.36. The Morgan fingerprint density at radius 1 is 0.933 bits per heavy atom. The minimum absolute atomic E-state index is 0.124. The number of anilines is 1. The molecule has 0 aliphatic heterocycles. The summed E-state index contributed by atoms with van der Waals surface area (Å²) < 4.78 is 40.0. The van der Waals surface area contributed by atoms with Gasteiger partial charge in [-0.3, -0.25) is 4.98 Å². The van der Waals surface area contributed by atoms with Crippen molar-refractivity contribution < 1.29 is 13.2 Å². The van der Waals surface area contributed by atoms with E-state index >= 15 is 0 Å². The van der Waals surface area contributed by atoms with Gasteiger partial charge in [0.15, 0.2) is 0 Å². The number of halogens is 4. The molecule has 0 amide bonds. The zero-order valence-electron chi connectivity index (χ0n) is 15.6. The van der Waals surface area contributed by atoms with E-state index in [9.17, 15) is 13.2 Å². The first kappa shape index (κ1) is 20.1. The fourth-order valence-electron chi connectivity index (χ4n) is 3.23. The van der Waals surface area contributed by atoms with Crippen LogP contribution in [0.1, 0.15) is 11.1 Å². The molecule has 0 unspecified atom stereocenters. The molecule has 1 N–H and O–H groups in total. The Hall–Kier alpha value is -3.19. The Labute approximate surface area is 175 Å². The van der Waals surface area contributed by atoms with Crippen LogP contribution < -0.4 is 5.32 Å². The van der Waals surface area contributed by atoms with Crippen molar-refractivity contribution in [3.63, 3.8) is 0 Å². The highest BCUT2D eigenvalue weighted by Gasteiger charge is 2.34. The third-order valence-corrected chi connectivity index (χ3v) is 4.85. The highest BCUT2D eigenvalue weighted by atomic mass is 35.5. The Balaban J connectivity index is 1.60. The zero-order valence-corrected chi connectivity index (χ0v) is 16.4. The monoisotopic (exact) mass is 428 g/mol. The van der Waals surface area contributed by atoms with E-state index in [0.29, 0.717) is 28.5 Å². The summed E-state index contributed by atoms with van der Waals surface area (Å²) in [6, 6.07) is 14.8. The SMILES string of the molecule is FC(F)(F)c1cccnc1-c1ccc2c(NCCc3cccc(Cl)c3)ncnc2c1. The molecule has 0 saturated heterocycles. The average molecular weight is 429 g/mol. The van der Waals surface area contributed by atoms with Crippen molar-refractivity contribution in [3.8, 4) is 11.3 Å². The van der Waals surface area contributed by atoms with Crippen LogP contribution in [0.5, 0.6) is 0 Å². The predicted molar refractivity (Wildman–Crippen MR) is 111 cm³/mol. The summed E-state index contributed by atoms with van der Waals surface area (Å²) in [6.07, 6.45) is -1.02. The molecule has 152 valence electrons. The van der Waals surface area contributed by atoms with E-state index in [1.165, 1.54) is 18.6 Å². The van der Waals surface area contributed by atoms with Gasteiger partial charge in [-0.1, -0.05) is 29.8 Å². The maximum Gasteiger partial charge on any atom is 0.418 e. The second kappa shape index (κ2) is 8.28. The fraction of sp³-hybridized carbons (Fsp3) is 0.136. The summed E-state index contributed by atoms with van der Waals surface area (Å²) in [5.74, 6) is 0.616. The molecule has 4 aromatic rings. The summed E-state index contributed by atoms with van der Waals surface area (Å²) in [5.41, 5.74) is 1.07. The highest BCUT2D eigenvalue weighted by molar-refractivity contribution is 6.30. The van der Waals surface area contributed by atoms with Gasteiger partial charge in [0.05, 0.1) is 16.8 Å². The van der Waals surface area contributed by atoms with Crippen LogP contribution in [0.25, 0.3) is 22.2 Å². The Kier molecular flexibility index (Phi) is 5.55. The van der Waals surface area contributed by atoms with E-state index in [0.717, 1.165) is 23.4 Å². The number of aromatic nitrogens is 3. The number of nitrogens with one attached hydrogen (secondary N) is 1. The van der Waals surface area contributed by atoms with Gasteiger partial charge in [-0.15, -0.1) is 0 Å². The number of pyridine rings is 1. The Morgan fingerprint density at radius 3 is 2.60 bits per heavy atom. The maximum absolute atomic E-state index is 13.3. The van der Waals surface area contributed by atoms with Crippen molar-refractivity contribution in [2.45, 2.75) is 12.6 Å². The number of rotatable bonds is 5.